The topological polar surface area (TPSA) is 48.4 Å². The second kappa shape index (κ2) is 18.7. The predicted molar refractivity (Wildman–Crippen MR) is 386 cm³/mol. The Bertz CT molecular complexity index is 5110. The van der Waals surface area contributed by atoms with Crippen LogP contribution in [-0.4, -0.2) is 31.6 Å². The highest BCUT2D eigenvalue weighted by Crippen LogP contribution is 2.65. The van der Waals surface area contributed by atoms with Crippen LogP contribution < -0.4 is 14.7 Å². The van der Waals surface area contributed by atoms with Gasteiger partial charge in [-0.3, -0.25) is 15.0 Å². The quantitative estimate of drug-likeness (QED) is 0.165. The molecule has 6 aliphatic rings. The number of nitrogens with zero attached hydrogens (tertiary/aromatic N) is 6. The van der Waals surface area contributed by atoms with Gasteiger partial charge in [-0.15, -0.1) is 0 Å². The van der Waals surface area contributed by atoms with Crippen molar-refractivity contribution in [3.63, 3.8) is 0 Å². The lowest BCUT2D eigenvalue weighted by Crippen LogP contribution is -2.54. The normalized spacial score (nSPS) is 25.8. The van der Waals surface area contributed by atoms with Gasteiger partial charge in [-0.2, -0.15) is 0 Å². The summed E-state index contributed by atoms with van der Waals surface area (Å²) in [6, 6.07) is 63.3. The molecule has 3 fully saturated rings. The van der Waals surface area contributed by atoms with Crippen LogP contribution in [-0.2, 0) is 16.2 Å². The molecule has 3 aromatic heterocycles. The Hall–Kier alpha value is -8.87. The van der Waals surface area contributed by atoms with E-state index in [-0.39, 0.29) is 32.9 Å². The molecule has 0 bridgehead atoms. The maximum atomic E-state index is 4.68. The Kier molecular flexibility index (Phi) is 11.1. The Morgan fingerprint density at radius 3 is 1.02 bits per heavy atom. The molecule has 0 radical (unpaired) electrons. The van der Waals surface area contributed by atoms with Crippen LogP contribution in [0.3, 0.4) is 0 Å². The smallest absolute Gasteiger partial charge is 0.0517 e. The summed E-state index contributed by atoms with van der Waals surface area (Å²) in [5, 5.41) is 16.1. The SMILES string of the molecule is Cc1cc(N2c3ccc(-c4ccc5c6cc7c(cc6c6cccc4c65)c4ccc(-c5ccc6c(c5)C5(C)CCCCC5(C)N6c5ccnc(C)c5)c5c(-c6ccc8c(c6)C6(C)CCCCC6(C)N8c6ccnc(C)c6)ccc7c54)cc3C3(C)CCCCC23C)ccn1. The number of pyridine rings is 3. The fourth-order valence-corrected chi connectivity index (χ4v) is 21.0. The molecule has 3 aliphatic heterocycles. The summed E-state index contributed by atoms with van der Waals surface area (Å²) in [6.07, 6.45) is 20.4. The van der Waals surface area contributed by atoms with Gasteiger partial charge in [-0.05, 0) is 280 Å². The Morgan fingerprint density at radius 1 is 0.293 bits per heavy atom. The maximum Gasteiger partial charge on any atom is 0.0517 e. The Labute approximate surface area is 541 Å². The minimum absolute atomic E-state index is 0.0112. The highest BCUT2D eigenvalue weighted by molar-refractivity contribution is 6.39. The van der Waals surface area contributed by atoms with E-state index in [0.29, 0.717) is 0 Å². The number of aryl methyl sites for hydroxylation is 3. The molecule has 0 spiro atoms. The first-order chi connectivity index (χ1) is 44.5. The van der Waals surface area contributed by atoms with E-state index in [9.17, 15) is 0 Å². The molecule has 6 nitrogen and oxygen atoms in total. The van der Waals surface area contributed by atoms with E-state index >= 15 is 0 Å². The lowest BCUT2D eigenvalue weighted by atomic mass is 9.61. The summed E-state index contributed by atoms with van der Waals surface area (Å²) >= 11 is 0. The van der Waals surface area contributed by atoms with Crippen LogP contribution in [0.5, 0.6) is 0 Å². The Morgan fingerprint density at radius 2 is 0.630 bits per heavy atom. The minimum Gasteiger partial charge on any atom is -0.334 e. The van der Waals surface area contributed by atoms with E-state index in [1.54, 1.807) is 0 Å². The van der Waals surface area contributed by atoms with E-state index in [1.165, 1.54) is 200 Å². The van der Waals surface area contributed by atoms with Crippen LogP contribution in [0.4, 0.5) is 34.1 Å². The molecule has 92 heavy (non-hydrogen) atoms. The number of benzene rings is 8. The summed E-state index contributed by atoms with van der Waals surface area (Å²) in [7, 11) is 0. The first kappa shape index (κ1) is 54.8. The molecule has 6 atom stereocenters. The number of rotatable bonds is 6. The van der Waals surface area contributed by atoms with Gasteiger partial charge in [-0.1, -0.05) is 132 Å². The van der Waals surface area contributed by atoms with Gasteiger partial charge in [0.15, 0.2) is 0 Å². The molecule has 3 saturated carbocycles. The molecule has 0 N–H and O–H groups in total. The summed E-state index contributed by atoms with van der Waals surface area (Å²) in [5.41, 5.74) is 23.0. The molecule has 6 unspecified atom stereocenters. The van der Waals surface area contributed by atoms with Crippen molar-refractivity contribution in [2.45, 2.75) is 172 Å². The van der Waals surface area contributed by atoms with Crippen molar-refractivity contribution in [2.75, 3.05) is 14.7 Å². The van der Waals surface area contributed by atoms with E-state index in [1.807, 2.05) is 18.6 Å². The average Bonchev–Trinajstić information content (AvgIpc) is 1.55. The molecule has 0 saturated heterocycles. The lowest BCUT2D eigenvalue weighted by molar-refractivity contribution is 0.195. The number of aromatic nitrogens is 3. The zero-order valence-corrected chi connectivity index (χ0v) is 54.9. The highest BCUT2D eigenvalue weighted by Gasteiger charge is 2.60. The Balaban J connectivity index is 0.812. The molecule has 454 valence electrons. The maximum absolute atomic E-state index is 4.68. The summed E-state index contributed by atoms with van der Waals surface area (Å²) in [4.78, 5) is 22.1. The van der Waals surface area contributed by atoms with Gasteiger partial charge in [0.05, 0.1) is 16.6 Å². The van der Waals surface area contributed by atoms with Crippen LogP contribution >= 0.6 is 0 Å². The van der Waals surface area contributed by atoms with Crippen LogP contribution in [0.25, 0.3) is 98.0 Å². The van der Waals surface area contributed by atoms with Crippen molar-refractivity contribution >= 4 is 98.8 Å². The molecular weight excluding hydrogens is 1120 g/mol. The molecule has 3 aliphatic carbocycles. The van der Waals surface area contributed by atoms with E-state index in [4.69, 9.17) is 0 Å². The van der Waals surface area contributed by atoms with Gasteiger partial charge in [0.1, 0.15) is 0 Å². The van der Waals surface area contributed by atoms with Crippen molar-refractivity contribution in [2.24, 2.45) is 0 Å². The van der Waals surface area contributed by atoms with Gasteiger partial charge in [0, 0.05) is 86.0 Å². The summed E-state index contributed by atoms with van der Waals surface area (Å²) in [6.45, 7) is 21.7. The van der Waals surface area contributed by atoms with Crippen LogP contribution in [0.2, 0.25) is 0 Å². The molecule has 13 aromatic rings. The van der Waals surface area contributed by atoms with Crippen molar-refractivity contribution in [1.82, 2.24) is 15.0 Å². The number of fused-ring (bicyclic) bond motifs is 15. The van der Waals surface area contributed by atoms with E-state index < -0.39 is 0 Å². The van der Waals surface area contributed by atoms with Crippen molar-refractivity contribution in [1.29, 1.82) is 0 Å². The minimum atomic E-state index is -0.0723. The summed E-state index contributed by atoms with van der Waals surface area (Å²) < 4.78 is 0. The third kappa shape index (κ3) is 6.88. The highest BCUT2D eigenvalue weighted by atomic mass is 15.3. The standard InChI is InChI=1S/C86H80N6/c1-51-43-57(31-40-87-51)90-75-28-19-54(46-72(75)81(4)34-10-13-37-84(81,90)7)60-22-25-65-69-50-71-67-27-24-62(56-21-30-77-74(48-56)83(6)36-12-15-39-86(83,9)92(77)59-33-42-89-53(3)45-59)79-61(23-26-66(80(67)79)70(71)49-68(69)64-18-16-17-63(60)78(64)65)55-20-29-76-73(47-55)82(5)35-11-14-38-85(82,8)91(76)58-32-41-88-52(2)44-58/h16-33,40-50H,10-15,34-39H2,1-9H3. The molecule has 10 aromatic carbocycles. The van der Waals surface area contributed by atoms with Crippen molar-refractivity contribution in [3.05, 3.63) is 210 Å². The van der Waals surface area contributed by atoms with Crippen LogP contribution in [0.1, 0.15) is 152 Å². The molecule has 0 amide bonds. The van der Waals surface area contributed by atoms with Crippen molar-refractivity contribution < 1.29 is 0 Å². The fraction of sp³-hybridized carbons (Fsp3) is 0.314. The van der Waals surface area contributed by atoms with Crippen LogP contribution in [0, 0.1) is 20.8 Å². The van der Waals surface area contributed by atoms with Gasteiger partial charge < -0.3 is 14.7 Å². The molecular formula is C86H80N6. The average molecular weight is 1200 g/mol. The number of hydrogen-bond acceptors (Lipinski definition) is 6. The molecule has 6 heterocycles. The molecule has 19 rings (SSSR count). The fourth-order valence-electron chi connectivity index (χ4n) is 21.0. The van der Waals surface area contributed by atoms with Crippen LogP contribution in [0.15, 0.2) is 176 Å². The second-order valence-corrected chi connectivity index (χ2v) is 30.5. The largest absolute Gasteiger partial charge is 0.334 e. The van der Waals surface area contributed by atoms with E-state index in [0.717, 1.165) is 42.8 Å². The van der Waals surface area contributed by atoms with Gasteiger partial charge in [-0.25, -0.2) is 0 Å². The van der Waals surface area contributed by atoms with Gasteiger partial charge in [0.25, 0.3) is 0 Å². The third-order valence-corrected chi connectivity index (χ3v) is 26.2. The van der Waals surface area contributed by atoms with Crippen molar-refractivity contribution in [3.8, 4) is 33.4 Å². The zero-order chi connectivity index (χ0) is 62.2. The first-order valence-electron chi connectivity index (χ1n) is 34.5. The first-order valence-corrected chi connectivity index (χ1v) is 34.5. The lowest BCUT2D eigenvalue weighted by Gasteiger charge is -2.50. The van der Waals surface area contributed by atoms with Gasteiger partial charge in [0.2, 0.25) is 0 Å². The summed E-state index contributed by atoms with van der Waals surface area (Å²) in [5.74, 6) is 0. The monoisotopic (exact) mass is 1200 g/mol. The zero-order valence-electron chi connectivity index (χ0n) is 54.9. The second-order valence-electron chi connectivity index (χ2n) is 30.5. The molecule has 6 heteroatoms. The number of anilines is 6. The van der Waals surface area contributed by atoms with E-state index in [2.05, 4.69) is 250 Å². The predicted octanol–water partition coefficient (Wildman–Crippen LogP) is 22.8. The van der Waals surface area contributed by atoms with Gasteiger partial charge >= 0.3 is 0 Å². The number of hydrogen-bond donors (Lipinski definition) is 0. The third-order valence-electron chi connectivity index (χ3n) is 26.2.